The molecule has 2 aliphatic rings. The number of likely N-dealkylation sites (tertiary alicyclic amines) is 1. The summed E-state index contributed by atoms with van der Waals surface area (Å²) in [6.07, 6.45) is 3.54. The first kappa shape index (κ1) is 18.2. The number of carbonyl (C=O) groups is 1. The minimum Gasteiger partial charge on any atom is -0.495 e. The standard InChI is InChI=1S/C19H28N2O4/c1-24-16-6-3-2-5-15(16)20-18(23)8-11-21-12-9-19(10-13-21)17(22)7-4-14-25-19/h2-3,5-6,17,22H,4,7-14H2,1H3,(H,20,23)/t17-/m1/s1. The van der Waals surface area contributed by atoms with E-state index in [1.54, 1.807) is 7.11 Å². The number of hydrogen-bond donors (Lipinski definition) is 2. The Morgan fingerprint density at radius 3 is 2.88 bits per heavy atom. The van der Waals surface area contributed by atoms with Gasteiger partial charge in [-0.2, -0.15) is 0 Å². The molecule has 0 aliphatic carbocycles. The summed E-state index contributed by atoms with van der Waals surface area (Å²) in [4.78, 5) is 14.5. The Balaban J connectivity index is 1.44. The van der Waals surface area contributed by atoms with Crippen LogP contribution in [0.4, 0.5) is 5.69 Å². The lowest BCUT2D eigenvalue weighted by Crippen LogP contribution is -2.55. The van der Waals surface area contributed by atoms with Gasteiger partial charge in [-0.3, -0.25) is 4.79 Å². The van der Waals surface area contributed by atoms with E-state index in [2.05, 4.69) is 10.2 Å². The number of methoxy groups -OCH3 is 1. The van der Waals surface area contributed by atoms with Crippen LogP contribution in [0, 0.1) is 0 Å². The molecule has 1 aromatic carbocycles. The number of hydrogen-bond acceptors (Lipinski definition) is 5. The predicted molar refractivity (Wildman–Crippen MR) is 95.8 cm³/mol. The van der Waals surface area contributed by atoms with E-state index in [0.717, 1.165) is 45.4 Å². The second kappa shape index (κ2) is 8.17. The van der Waals surface area contributed by atoms with Gasteiger partial charge in [-0.15, -0.1) is 0 Å². The Kier molecular flexibility index (Phi) is 5.93. The molecule has 2 N–H and O–H groups in total. The molecule has 0 aromatic heterocycles. The van der Waals surface area contributed by atoms with E-state index in [1.165, 1.54) is 0 Å². The number of rotatable bonds is 5. The number of amides is 1. The fourth-order valence-corrected chi connectivity index (χ4v) is 3.76. The van der Waals surface area contributed by atoms with Crippen molar-refractivity contribution in [3.05, 3.63) is 24.3 Å². The van der Waals surface area contributed by atoms with Crippen molar-refractivity contribution < 1.29 is 19.4 Å². The van der Waals surface area contributed by atoms with Gasteiger partial charge in [0, 0.05) is 32.7 Å². The Morgan fingerprint density at radius 1 is 1.40 bits per heavy atom. The summed E-state index contributed by atoms with van der Waals surface area (Å²) in [6, 6.07) is 7.41. The summed E-state index contributed by atoms with van der Waals surface area (Å²) in [5.74, 6) is 0.651. The maximum absolute atomic E-state index is 12.2. The monoisotopic (exact) mass is 348 g/mol. The van der Waals surface area contributed by atoms with Gasteiger partial charge in [-0.25, -0.2) is 0 Å². The van der Waals surface area contributed by atoms with Crippen LogP contribution in [0.25, 0.3) is 0 Å². The molecule has 1 spiro atoms. The van der Waals surface area contributed by atoms with E-state index < -0.39 is 0 Å². The molecule has 25 heavy (non-hydrogen) atoms. The third-order valence-corrected chi connectivity index (χ3v) is 5.36. The zero-order valence-corrected chi connectivity index (χ0v) is 14.9. The van der Waals surface area contributed by atoms with Gasteiger partial charge in [0.2, 0.25) is 5.91 Å². The van der Waals surface area contributed by atoms with Crippen LogP contribution in [0.2, 0.25) is 0 Å². The van der Waals surface area contributed by atoms with Crippen LogP contribution in [0.3, 0.4) is 0 Å². The largest absolute Gasteiger partial charge is 0.495 e. The normalized spacial score (nSPS) is 23.4. The Labute approximate surface area is 149 Å². The number of para-hydroxylation sites is 2. The molecule has 2 fully saturated rings. The van der Waals surface area contributed by atoms with Gasteiger partial charge in [0.1, 0.15) is 5.75 Å². The maximum atomic E-state index is 12.2. The van der Waals surface area contributed by atoms with Gasteiger partial charge in [0.05, 0.1) is 24.5 Å². The fraction of sp³-hybridized carbons (Fsp3) is 0.632. The van der Waals surface area contributed by atoms with Crippen molar-refractivity contribution in [3.63, 3.8) is 0 Å². The molecule has 2 saturated heterocycles. The van der Waals surface area contributed by atoms with E-state index >= 15 is 0 Å². The Morgan fingerprint density at radius 2 is 2.16 bits per heavy atom. The average Bonchev–Trinajstić information content (AvgIpc) is 2.64. The van der Waals surface area contributed by atoms with Crippen molar-refractivity contribution in [2.24, 2.45) is 0 Å². The van der Waals surface area contributed by atoms with Crippen LogP contribution in [0.15, 0.2) is 24.3 Å². The number of carbonyl (C=O) groups excluding carboxylic acids is 1. The number of ether oxygens (including phenoxy) is 2. The van der Waals surface area contributed by atoms with Gasteiger partial charge >= 0.3 is 0 Å². The van der Waals surface area contributed by atoms with Gasteiger partial charge < -0.3 is 24.8 Å². The van der Waals surface area contributed by atoms with Gasteiger partial charge in [0.15, 0.2) is 0 Å². The molecule has 2 aliphatic heterocycles. The summed E-state index contributed by atoms with van der Waals surface area (Å²) in [5.41, 5.74) is 0.348. The smallest absolute Gasteiger partial charge is 0.225 e. The molecule has 2 heterocycles. The number of anilines is 1. The molecule has 0 unspecified atom stereocenters. The highest BCUT2D eigenvalue weighted by molar-refractivity contribution is 5.92. The molecule has 6 nitrogen and oxygen atoms in total. The number of aliphatic hydroxyl groups excluding tert-OH is 1. The second-order valence-electron chi connectivity index (χ2n) is 6.91. The molecule has 0 bridgehead atoms. The number of aliphatic hydroxyl groups is 1. The van der Waals surface area contributed by atoms with Gasteiger partial charge in [-0.05, 0) is 37.8 Å². The highest BCUT2D eigenvalue weighted by Crippen LogP contribution is 2.35. The van der Waals surface area contributed by atoms with E-state index in [9.17, 15) is 9.90 Å². The van der Waals surface area contributed by atoms with Crippen LogP contribution in [0.5, 0.6) is 5.75 Å². The third-order valence-electron chi connectivity index (χ3n) is 5.36. The van der Waals surface area contributed by atoms with Crippen molar-refractivity contribution in [2.45, 2.75) is 43.8 Å². The van der Waals surface area contributed by atoms with E-state index in [-0.39, 0.29) is 17.6 Å². The quantitative estimate of drug-likeness (QED) is 0.852. The Hall–Kier alpha value is -1.63. The molecular weight excluding hydrogens is 320 g/mol. The van der Waals surface area contributed by atoms with Crippen LogP contribution < -0.4 is 10.1 Å². The first-order valence-corrected chi connectivity index (χ1v) is 9.10. The molecular formula is C19H28N2O4. The first-order valence-electron chi connectivity index (χ1n) is 9.10. The van der Waals surface area contributed by atoms with Crippen LogP contribution in [-0.2, 0) is 9.53 Å². The van der Waals surface area contributed by atoms with Crippen LogP contribution in [0.1, 0.15) is 32.1 Å². The summed E-state index contributed by atoms with van der Waals surface area (Å²) in [6.45, 7) is 3.18. The highest BCUT2D eigenvalue weighted by Gasteiger charge is 2.43. The van der Waals surface area contributed by atoms with Crippen LogP contribution in [-0.4, -0.2) is 61.0 Å². The zero-order chi connectivity index (χ0) is 17.7. The number of benzene rings is 1. The van der Waals surface area contributed by atoms with Crippen molar-refractivity contribution in [2.75, 3.05) is 38.7 Å². The summed E-state index contributed by atoms with van der Waals surface area (Å²) in [7, 11) is 1.59. The fourth-order valence-electron chi connectivity index (χ4n) is 3.76. The van der Waals surface area contributed by atoms with Crippen molar-refractivity contribution in [1.29, 1.82) is 0 Å². The summed E-state index contributed by atoms with van der Waals surface area (Å²) >= 11 is 0. The van der Waals surface area contributed by atoms with E-state index in [1.807, 2.05) is 24.3 Å². The predicted octanol–water partition coefficient (Wildman–Crippen LogP) is 2.03. The summed E-state index contributed by atoms with van der Waals surface area (Å²) in [5, 5.41) is 13.2. The molecule has 138 valence electrons. The maximum Gasteiger partial charge on any atom is 0.225 e. The lowest BCUT2D eigenvalue weighted by Gasteiger charge is -2.46. The van der Waals surface area contributed by atoms with Crippen molar-refractivity contribution in [1.82, 2.24) is 4.90 Å². The lowest BCUT2D eigenvalue weighted by molar-refractivity contribution is -0.176. The minimum absolute atomic E-state index is 0.0151. The molecule has 3 rings (SSSR count). The minimum atomic E-state index is -0.353. The third kappa shape index (κ3) is 4.32. The van der Waals surface area contributed by atoms with Crippen molar-refractivity contribution >= 4 is 11.6 Å². The summed E-state index contributed by atoms with van der Waals surface area (Å²) < 4.78 is 11.2. The number of nitrogens with one attached hydrogen (secondary N) is 1. The van der Waals surface area contributed by atoms with Crippen LogP contribution >= 0.6 is 0 Å². The number of nitrogens with zero attached hydrogens (tertiary/aromatic N) is 1. The first-order chi connectivity index (χ1) is 12.1. The molecule has 1 atom stereocenters. The SMILES string of the molecule is COc1ccccc1NC(=O)CCN1CCC2(CC1)OCCC[C@H]2O. The zero-order valence-electron chi connectivity index (χ0n) is 14.9. The molecule has 1 aromatic rings. The van der Waals surface area contributed by atoms with Gasteiger partial charge in [-0.1, -0.05) is 12.1 Å². The molecule has 1 amide bonds. The van der Waals surface area contributed by atoms with Gasteiger partial charge in [0.25, 0.3) is 0 Å². The average molecular weight is 348 g/mol. The van der Waals surface area contributed by atoms with Crippen molar-refractivity contribution in [3.8, 4) is 5.75 Å². The Bertz CT molecular complexity index is 585. The molecule has 0 saturated carbocycles. The second-order valence-corrected chi connectivity index (χ2v) is 6.91. The highest BCUT2D eigenvalue weighted by atomic mass is 16.5. The van der Waals surface area contributed by atoms with E-state index in [4.69, 9.17) is 9.47 Å². The lowest BCUT2D eigenvalue weighted by atomic mass is 9.82. The van der Waals surface area contributed by atoms with E-state index in [0.29, 0.717) is 24.4 Å². The number of piperidine rings is 1. The molecule has 6 heteroatoms. The topological polar surface area (TPSA) is 71.0 Å². The molecule has 0 radical (unpaired) electrons.